The number of rotatable bonds is 6. The van der Waals surface area contributed by atoms with E-state index in [1.165, 1.54) is 6.66 Å². The van der Waals surface area contributed by atoms with E-state index in [4.69, 9.17) is 9.05 Å². The fourth-order valence-electron chi connectivity index (χ4n) is 1.06. The summed E-state index contributed by atoms with van der Waals surface area (Å²) in [6.07, 6.45) is 2.08. The second-order valence-electron chi connectivity index (χ2n) is 3.43. The van der Waals surface area contributed by atoms with Gasteiger partial charge in [0, 0.05) is 6.66 Å². The van der Waals surface area contributed by atoms with Gasteiger partial charge >= 0.3 is 19.2 Å². The molecule has 21 heavy (non-hydrogen) atoms. The largest absolute Gasteiger partial charge is 0.518 e. The zero-order chi connectivity index (χ0) is 15.9. The first-order chi connectivity index (χ1) is 9.94. The fraction of sp³-hybridized carbons (Fsp3) is 0.455. The van der Waals surface area contributed by atoms with Gasteiger partial charge in [-0.1, -0.05) is 13.8 Å². The number of hydrogen-bond acceptors (Lipinski definition) is 9. The van der Waals surface area contributed by atoms with Gasteiger partial charge in [-0.3, -0.25) is 4.57 Å². The molecule has 0 amide bonds. The van der Waals surface area contributed by atoms with Gasteiger partial charge in [-0.2, -0.15) is 0 Å². The van der Waals surface area contributed by atoms with Crippen molar-refractivity contribution in [3.8, 4) is 0 Å². The molecule has 2 rings (SSSR count). The first-order valence-electron chi connectivity index (χ1n) is 5.96. The van der Waals surface area contributed by atoms with Crippen LogP contribution in [0.15, 0.2) is 39.8 Å². The van der Waals surface area contributed by atoms with Crippen molar-refractivity contribution in [3.05, 3.63) is 45.3 Å². The molecular formula is C11H15O9P. The molecule has 9 nitrogen and oxygen atoms in total. The lowest BCUT2D eigenvalue weighted by atomic mass is 10.6. The Kier molecular flexibility index (Phi) is 6.41. The van der Waals surface area contributed by atoms with Gasteiger partial charge in [-0.05, 0) is 0 Å². The zero-order valence-corrected chi connectivity index (χ0v) is 12.6. The molecule has 0 saturated carbocycles. The average Bonchev–Trinajstić information content (AvgIpc) is 3.06. The van der Waals surface area contributed by atoms with E-state index < -0.39 is 19.2 Å². The predicted molar refractivity (Wildman–Crippen MR) is 68.9 cm³/mol. The van der Waals surface area contributed by atoms with E-state index in [0.29, 0.717) is 0 Å². The summed E-state index contributed by atoms with van der Waals surface area (Å²) in [6.45, 7) is 4.70. The first kappa shape index (κ1) is 17.2. The Morgan fingerprint density at radius 3 is 1.62 bits per heavy atom. The van der Waals surface area contributed by atoms with Gasteiger partial charge in [0.1, 0.15) is 25.7 Å². The lowest BCUT2D eigenvalue weighted by Gasteiger charge is -2.11. The van der Waals surface area contributed by atoms with E-state index in [-0.39, 0.29) is 24.7 Å². The third-order valence-corrected chi connectivity index (χ3v) is 3.08. The lowest BCUT2D eigenvalue weighted by molar-refractivity contribution is 0.172. The molecule has 0 aromatic carbocycles. The summed E-state index contributed by atoms with van der Waals surface area (Å²) >= 11 is 0. The van der Waals surface area contributed by atoms with Gasteiger partial charge in [0.15, 0.2) is 11.5 Å². The van der Waals surface area contributed by atoms with Crippen molar-refractivity contribution in [1.29, 1.82) is 0 Å². The zero-order valence-electron chi connectivity index (χ0n) is 11.7. The minimum Gasteiger partial charge on any atom is -0.399 e. The van der Waals surface area contributed by atoms with Crippen LogP contribution >= 0.6 is 7.60 Å². The maximum absolute atomic E-state index is 11.8. The van der Waals surface area contributed by atoms with Gasteiger partial charge in [0.05, 0.1) is 0 Å². The predicted octanol–water partition coefficient (Wildman–Crippen LogP) is 2.36. The average molecular weight is 322 g/mol. The molecule has 0 aliphatic rings. The van der Waals surface area contributed by atoms with Crippen molar-refractivity contribution in [3.63, 3.8) is 0 Å². The highest BCUT2D eigenvalue weighted by atomic mass is 31.2. The highest BCUT2D eigenvalue weighted by Crippen LogP contribution is 2.45. The van der Waals surface area contributed by atoms with Crippen LogP contribution in [0.2, 0.25) is 0 Å². The van der Waals surface area contributed by atoms with Gasteiger partial charge in [0.25, 0.3) is 0 Å². The Morgan fingerprint density at radius 1 is 0.952 bits per heavy atom. The molecule has 0 bridgehead atoms. The SMILES string of the molecule is CC.CP(=O)(OCc1coc(=O)o1)OCc1coc(=O)o1. The molecule has 118 valence electrons. The minimum absolute atomic E-state index is 0.0746. The molecule has 0 N–H and O–H groups in total. The molecule has 0 atom stereocenters. The van der Waals surface area contributed by atoms with Crippen LogP contribution in [0.5, 0.6) is 0 Å². The maximum atomic E-state index is 11.8. The molecule has 10 heteroatoms. The second kappa shape index (κ2) is 7.82. The van der Waals surface area contributed by atoms with Gasteiger partial charge < -0.3 is 26.7 Å². The molecule has 0 radical (unpaired) electrons. The monoisotopic (exact) mass is 322 g/mol. The summed E-state index contributed by atoms with van der Waals surface area (Å²) in [4.78, 5) is 21.2. The van der Waals surface area contributed by atoms with Crippen molar-refractivity contribution in [2.24, 2.45) is 0 Å². The molecular weight excluding hydrogens is 307 g/mol. The van der Waals surface area contributed by atoms with Crippen LogP contribution in [0.4, 0.5) is 0 Å². The van der Waals surface area contributed by atoms with Crippen LogP contribution in [0, 0.1) is 0 Å². The van der Waals surface area contributed by atoms with Crippen LogP contribution < -0.4 is 11.6 Å². The van der Waals surface area contributed by atoms with E-state index in [2.05, 4.69) is 17.7 Å². The number of hydrogen-bond donors (Lipinski definition) is 0. The lowest BCUT2D eigenvalue weighted by Crippen LogP contribution is -1.96. The van der Waals surface area contributed by atoms with E-state index in [1.807, 2.05) is 13.8 Å². The molecule has 2 aromatic rings. The summed E-state index contributed by atoms with van der Waals surface area (Å²) in [7, 11) is -3.41. The van der Waals surface area contributed by atoms with Crippen LogP contribution in [-0.2, 0) is 26.8 Å². The Bertz CT molecular complexity index is 632. The van der Waals surface area contributed by atoms with E-state index in [0.717, 1.165) is 12.5 Å². The molecule has 2 heterocycles. The third kappa shape index (κ3) is 5.99. The van der Waals surface area contributed by atoms with Gasteiger partial charge in [-0.15, -0.1) is 0 Å². The summed E-state index contributed by atoms with van der Waals surface area (Å²) in [5.74, 6) is -1.62. The fourth-order valence-corrected chi connectivity index (χ4v) is 1.86. The van der Waals surface area contributed by atoms with Gasteiger partial charge in [0.2, 0.25) is 0 Å². The van der Waals surface area contributed by atoms with Crippen LogP contribution in [-0.4, -0.2) is 6.66 Å². The van der Waals surface area contributed by atoms with Crippen LogP contribution in [0.3, 0.4) is 0 Å². The standard InChI is InChI=1S/C9H9O9P.C2H6/c1-19(12,15-4-6-2-13-8(10)17-6)16-5-7-3-14-9(11)18-7;1-2/h2-3H,4-5H2,1H3;1-2H3. The van der Waals surface area contributed by atoms with E-state index >= 15 is 0 Å². The third-order valence-electron chi connectivity index (χ3n) is 1.88. The van der Waals surface area contributed by atoms with Crippen molar-refractivity contribution >= 4 is 7.60 Å². The van der Waals surface area contributed by atoms with Crippen molar-refractivity contribution < 1.29 is 31.3 Å². The molecule has 0 aliphatic carbocycles. The van der Waals surface area contributed by atoms with Gasteiger partial charge in [-0.25, -0.2) is 9.59 Å². The molecule has 0 spiro atoms. The van der Waals surface area contributed by atoms with Crippen molar-refractivity contribution in [1.82, 2.24) is 0 Å². The molecule has 2 aromatic heterocycles. The molecule has 0 saturated heterocycles. The highest BCUT2D eigenvalue weighted by Gasteiger charge is 2.19. The van der Waals surface area contributed by atoms with Crippen LogP contribution in [0.1, 0.15) is 25.4 Å². The van der Waals surface area contributed by atoms with Crippen molar-refractivity contribution in [2.45, 2.75) is 27.1 Å². The smallest absolute Gasteiger partial charge is 0.399 e. The van der Waals surface area contributed by atoms with E-state index in [9.17, 15) is 14.2 Å². The second-order valence-corrected chi connectivity index (χ2v) is 5.49. The Morgan fingerprint density at radius 2 is 1.33 bits per heavy atom. The van der Waals surface area contributed by atoms with Crippen LogP contribution in [0.25, 0.3) is 0 Å². The molecule has 0 aliphatic heterocycles. The highest BCUT2D eigenvalue weighted by molar-refractivity contribution is 7.52. The summed E-state index contributed by atoms with van der Waals surface area (Å²) in [5, 5.41) is 0. The summed E-state index contributed by atoms with van der Waals surface area (Å²) in [5.41, 5.74) is 0. The molecule has 0 unspecified atom stereocenters. The maximum Gasteiger partial charge on any atom is 0.518 e. The van der Waals surface area contributed by atoms with E-state index in [1.54, 1.807) is 0 Å². The van der Waals surface area contributed by atoms with Crippen molar-refractivity contribution in [2.75, 3.05) is 6.66 Å². The normalized spacial score (nSPS) is 11.0. The Balaban J connectivity index is 0.00000106. The quantitative estimate of drug-likeness (QED) is 0.737. The Hall–Kier alpha value is -1.83. The Labute approximate surface area is 119 Å². The minimum atomic E-state index is -3.41. The summed E-state index contributed by atoms with van der Waals surface area (Å²) < 4.78 is 39.6. The topological polar surface area (TPSA) is 122 Å². The summed E-state index contributed by atoms with van der Waals surface area (Å²) in [6, 6.07) is 0. The first-order valence-corrected chi connectivity index (χ1v) is 7.95. The molecule has 0 fully saturated rings.